The molecule has 0 aliphatic rings. The van der Waals surface area contributed by atoms with Gasteiger partial charge in [0, 0.05) is 6.54 Å². The summed E-state index contributed by atoms with van der Waals surface area (Å²) in [6.07, 6.45) is 0. The molecule has 0 saturated carbocycles. The lowest BCUT2D eigenvalue weighted by atomic mass is 9.99. The van der Waals surface area contributed by atoms with Crippen LogP contribution in [0.15, 0.2) is 23.1 Å². The summed E-state index contributed by atoms with van der Waals surface area (Å²) in [5.41, 5.74) is -0.191. The highest BCUT2D eigenvalue weighted by atomic mass is 32.2. The molecule has 1 atom stereocenters. The van der Waals surface area contributed by atoms with Gasteiger partial charge in [0.25, 0.3) is 0 Å². The lowest BCUT2D eigenvalue weighted by Gasteiger charge is -2.17. The number of nitrogens with one attached hydrogen (secondary N) is 1. The first kappa shape index (κ1) is 17.6. The zero-order valence-electron chi connectivity index (χ0n) is 12.5. The van der Waals surface area contributed by atoms with E-state index in [1.807, 2.05) is 20.8 Å². The number of halogens is 1. The van der Waals surface area contributed by atoms with Gasteiger partial charge in [0.05, 0.1) is 17.6 Å². The Morgan fingerprint density at radius 1 is 1.33 bits per heavy atom. The van der Waals surface area contributed by atoms with E-state index in [9.17, 15) is 17.6 Å². The number of esters is 1. The van der Waals surface area contributed by atoms with Crippen molar-refractivity contribution in [2.24, 2.45) is 11.8 Å². The molecule has 1 aromatic rings. The van der Waals surface area contributed by atoms with E-state index < -0.39 is 26.7 Å². The van der Waals surface area contributed by atoms with Gasteiger partial charge in [-0.05, 0) is 30.0 Å². The van der Waals surface area contributed by atoms with Gasteiger partial charge in [-0.15, -0.1) is 0 Å². The summed E-state index contributed by atoms with van der Waals surface area (Å²) in [7, 11) is -2.85. The number of hydrogen-bond acceptors (Lipinski definition) is 4. The minimum absolute atomic E-state index is 0.106. The molecule has 1 unspecified atom stereocenters. The average Bonchev–Trinajstić information content (AvgIpc) is 2.43. The van der Waals surface area contributed by atoms with Gasteiger partial charge in [0.2, 0.25) is 10.0 Å². The first-order valence-electron chi connectivity index (χ1n) is 6.56. The molecule has 118 valence electrons. The Bertz CT molecular complexity index is 613. The molecule has 0 aliphatic carbocycles. The molecule has 0 aliphatic heterocycles. The molecule has 0 saturated heterocycles. The van der Waals surface area contributed by atoms with E-state index in [0.717, 1.165) is 25.3 Å². The molecule has 0 aromatic heterocycles. The summed E-state index contributed by atoms with van der Waals surface area (Å²) >= 11 is 0. The Morgan fingerprint density at radius 3 is 2.48 bits per heavy atom. The molecular weight excluding hydrogens is 297 g/mol. The van der Waals surface area contributed by atoms with E-state index in [0.29, 0.717) is 5.92 Å². The number of sulfonamides is 1. The molecule has 0 bridgehead atoms. The fourth-order valence-electron chi connectivity index (χ4n) is 1.55. The van der Waals surface area contributed by atoms with Crippen molar-refractivity contribution in [3.8, 4) is 0 Å². The predicted octanol–water partition coefficient (Wildman–Crippen LogP) is 2.18. The fourth-order valence-corrected chi connectivity index (χ4v) is 2.90. The molecule has 21 heavy (non-hydrogen) atoms. The number of benzene rings is 1. The maximum absolute atomic E-state index is 13.3. The summed E-state index contributed by atoms with van der Waals surface area (Å²) < 4.78 is 44.8. The second-order valence-corrected chi connectivity index (χ2v) is 6.94. The first-order valence-corrected chi connectivity index (χ1v) is 8.05. The van der Waals surface area contributed by atoms with Crippen molar-refractivity contribution < 1.29 is 22.3 Å². The van der Waals surface area contributed by atoms with Crippen LogP contribution in [0.3, 0.4) is 0 Å². The van der Waals surface area contributed by atoms with Crippen molar-refractivity contribution in [1.29, 1.82) is 0 Å². The van der Waals surface area contributed by atoms with Gasteiger partial charge < -0.3 is 4.74 Å². The van der Waals surface area contributed by atoms with E-state index >= 15 is 0 Å². The van der Waals surface area contributed by atoms with Gasteiger partial charge >= 0.3 is 5.97 Å². The van der Waals surface area contributed by atoms with Crippen LogP contribution in [0, 0.1) is 17.7 Å². The zero-order chi connectivity index (χ0) is 16.2. The standard InChI is InChI=1S/C14H20FNO4S/c1-9(2)10(3)8-16-21(18,19)13-7-11(15)5-6-12(13)14(17)20-4/h5-7,9-10,16H,8H2,1-4H3. The maximum Gasteiger partial charge on any atom is 0.339 e. The molecule has 0 heterocycles. The van der Waals surface area contributed by atoms with Crippen LogP contribution in [0.25, 0.3) is 0 Å². The second-order valence-electron chi connectivity index (χ2n) is 5.21. The van der Waals surface area contributed by atoms with E-state index in [4.69, 9.17) is 0 Å². The molecule has 1 aromatic carbocycles. The van der Waals surface area contributed by atoms with Gasteiger partial charge in [0.15, 0.2) is 0 Å². The normalized spacial score (nSPS) is 13.2. The van der Waals surface area contributed by atoms with Crippen LogP contribution < -0.4 is 4.72 Å². The quantitative estimate of drug-likeness (QED) is 0.816. The number of methoxy groups -OCH3 is 1. The number of ether oxygens (including phenoxy) is 1. The fraction of sp³-hybridized carbons (Fsp3) is 0.500. The van der Waals surface area contributed by atoms with Crippen molar-refractivity contribution in [3.63, 3.8) is 0 Å². The van der Waals surface area contributed by atoms with E-state index in [-0.39, 0.29) is 18.0 Å². The van der Waals surface area contributed by atoms with Crippen molar-refractivity contribution in [3.05, 3.63) is 29.6 Å². The zero-order valence-corrected chi connectivity index (χ0v) is 13.3. The molecule has 0 fully saturated rings. The monoisotopic (exact) mass is 317 g/mol. The summed E-state index contributed by atoms with van der Waals surface area (Å²) in [5, 5.41) is 0. The minimum Gasteiger partial charge on any atom is -0.465 e. The highest BCUT2D eigenvalue weighted by Gasteiger charge is 2.24. The van der Waals surface area contributed by atoms with Crippen LogP contribution in [0.2, 0.25) is 0 Å². The Kier molecular flexibility index (Phi) is 5.86. The molecule has 0 amide bonds. The number of rotatable bonds is 6. The van der Waals surface area contributed by atoms with Gasteiger partial charge in [0.1, 0.15) is 5.82 Å². The first-order chi connectivity index (χ1) is 9.69. The van der Waals surface area contributed by atoms with Crippen LogP contribution in [0.5, 0.6) is 0 Å². The summed E-state index contributed by atoms with van der Waals surface area (Å²) in [6.45, 7) is 6.05. The highest BCUT2D eigenvalue weighted by Crippen LogP contribution is 2.19. The summed E-state index contributed by atoms with van der Waals surface area (Å²) in [5.74, 6) is -1.16. The Balaban J connectivity index is 3.13. The van der Waals surface area contributed by atoms with Crippen LogP contribution >= 0.6 is 0 Å². The van der Waals surface area contributed by atoms with Crippen molar-refractivity contribution in [2.75, 3.05) is 13.7 Å². The summed E-state index contributed by atoms with van der Waals surface area (Å²) in [4.78, 5) is 11.2. The van der Waals surface area contributed by atoms with Gasteiger partial charge in [-0.2, -0.15) is 0 Å². The molecular formula is C14H20FNO4S. The molecule has 0 radical (unpaired) electrons. The van der Waals surface area contributed by atoms with Crippen LogP contribution in [-0.4, -0.2) is 28.0 Å². The third-order valence-electron chi connectivity index (χ3n) is 3.37. The Hall–Kier alpha value is -1.47. The van der Waals surface area contributed by atoms with Crippen LogP contribution in [0.4, 0.5) is 4.39 Å². The molecule has 5 nitrogen and oxygen atoms in total. The number of carbonyl (C=O) groups excluding carboxylic acids is 1. The average molecular weight is 317 g/mol. The third-order valence-corrected chi connectivity index (χ3v) is 4.84. The Labute approximate surface area is 124 Å². The SMILES string of the molecule is COC(=O)c1ccc(F)cc1S(=O)(=O)NCC(C)C(C)C. The van der Waals surface area contributed by atoms with Crippen molar-refractivity contribution in [2.45, 2.75) is 25.7 Å². The lowest BCUT2D eigenvalue weighted by Crippen LogP contribution is -2.31. The second kappa shape index (κ2) is 7.00. The van der Waals surface area contributed by atoms with Gasteiger partial charge in [-0.1, -0.05) is 20.8 Å². The predicted molar refractivity (Wildman–Crippen MR) is 76.9 cm³/mol. The number of hydrogen-bond donors (Lipinski definition) is 1. The van der Waals surface area contributed by atoms with E-state index in [1.165, 1.54) is 0 Å². The Morgan fingerprint density at radius 2 is 1.95 bits per heavy atom. The van der Waals surface area contributed by atoms with E-state index in [1.54, 1.807) is 0 Å². The molecule has 1 rings (SSSR count). The minimum atomic E-state index is -3.99. The highest BCUT2D eigenvalue weighted by molar-refractivity contribution is 7.89. The summed E-state index contributed by atoms with van der Waals surface area (Å²) in [6, 6.07) is 2.93. The van der Waals surface area contributed by atoms with Gasteiger partial charge in [-0.3, -0.25) is 0 Å². The molecule has 0 spiro atoms. The largest absolute Gasteiger partial charge is 0.465 e. The lowest BCUT2D eigenvalue weighted by molar-refractivity contribution is 0.0596. The maximum atomic E-state index is 13.3. The van der Waals surface area contributed by atoms with Gasteiger partial charge in [-0.25, -0.2) is 22.3 Å². The topological polar surface area (TPSA) is 72.5 Å². The number of carbonyl (C=O) groups is 1. The smallest absolute Gasteiger partial charge is 0.339 e. The third kappa shape index (κ3) is 4.50. The van der Waals surface area contributed by atoms with E-state index in [2.05, 4.69) is 9.46 Å². The van der Waals surface area contributed by atoms with Crippen molar-refractivity contribution in [1.82, 2.24) is 4.72 Å². The molecule has 1 N–H and O–H groups in total. The van der Waals surface area contributed by atoms with Crippen LogP contribution in [-0.2, 0) is 14.8 Å². The van der Waals surface area contributed by atoms with Crippen LogP contribution in [0.1, 0.15) is 31.1 Å². The molecule has 7 heteroatoms. The van der Waals surface area contributed by atoms with Crippen molar-refractivity contribution >= 4 is 16.0 Å².